The van der Waals surface area contributed by atoms with Gasteiger partial charge in [-0.15, -0.1) is 0 Å². The van der Waals surface area contributed by atoms with Crippen LogP contribution in [0.2, 0.25) is 0 Å². The zero-order valence-corrected chi connectivity index (χ0v) is 17.7. The van der Waals surface area contributed by atoms with Crippen molar-refractivity contribution in [1.29, 1.82) is 0 Å². The molecule has 2 atom stereocenters. The molecule has 2 aromatic carbocycles. The molecule has 0 N–H and O–H groups in total. The van der Waals surface area contributed by atoms with E-state index in [1.165, 1.54) is 17.8 Å². The number of halogens is 1. The molecular weight excluding hydrogens is 415 g/mol. The summed E-state index contributed by atoms with van der Waals surface area (Å²) >= 11 is 1.39. The summed E-state index contributed by atoms with van der Waals surface area (Å²) in [6, 6.07) is 11.3. The molecule has 0 aromatic heterocycles. The molecule has 4 rings (SSSR count). The second-order valence-electron chi connectivity index (χ2n) is 6.91. The van der Waals surface area contributed by atoms with Crippen molar-refractivity contribution in [3.05, 3.63) is 53.8 Å². The quantitative estimate of drug-likeness (QED) is 0.718. The summed E-state index contributed by atoms with van der Waals surface area (Å²) in [6.07, 6.45) is 0. The minimum absolute atomic E-state index is 0.0181. The van der Waals surface area contributed by atoms with Gasteiger partial charge in [-0.1, -0.05) is 30.0 Å². The standard InChI is InChI=1S/C20H21FN2O4S2/c1-26-14-7-8-19(27-2)17(9-14)23-18-12-29(24,25)11-16(18)22-20(23)28-10-13-5-3-4-6-15(13)21/h3-9,16,18H,10-12H2,1-2H3/t16-,18+/m0/s1. The van der Waals surface area contributed by atoms with E-state index in [4.69, 9.17) is 9.47 Å². The predicted octanol–water partition coefficient (Wildman–Crippen LogP) is 3.12. The Kier molecular flexibility index (Phi) is 5.44. The lowest BCUT2D eigenvalue weighted by Crippen LogP contribution is -2.39. The van der Waals surface area contributed by atoms with Gasteiger partial charge in [0.2, 0.25) is 0 Å². The molecule has 6 nitrogen and oxygen atoms in total. The highest BCUT2D eigenvalue weighted by Crippen LogP contribution is 2.41. The third kappa shape index (κ3) is 3.93. The van der Waals surface area contributed by atoms with Gasteiger partial charge in [-0.25, -0.2) is 12.8 Å². The van der Waals surface area contributed by atoms with Crippen molar-refractivity contribution in [2.24, 2.45) is 4.99 Å². The molecule has 154 valence electrons. The Bertz CT molecular complexity index is 1060. The predicted molar refractivity (Wildman–Crippen MR) is 113 cm³/mol. The number of methoxy groups -OCH3 is 2. The van der Waals surface area contributed by atoms with Crippen LogP contribution in [-0.2, 0) is 15.6 Å². The minimum atomic E-state index is -3.17. The van der Waals surface area contributed by atoms with Gasteiger partial charge < -0.3 is 14.4 Å². The molecule has 0 amide bonds. The average Bonchev–Trinajstić information content (AvgIpc) is 3.17. The number of hydrogen-bond donors (Lipinski definition) is 0. The number of sulfone groups is 1. The van der Waals surface area contributed by atoms with Gasteiger partial charge in [0.15, 0.2) is 15.0 Å². The molecule has 0 bridgehead atoms. The van der Waals surface area contributed by atoms with Gasteiger partial charge in [-0.3, -0.25) is 4.99 Å². The molecule has 2 heterocycles. The van der Waals surface area contributed by atoms with Crippen LogP contribution in [0.3, 0.4) is 0 Å². The molecule has 0 unspecified atom stereocenters. The van der Waals surface area contributed by atoms with E-state index in [0.29, 0.717) is 33.7 Å². The van der Waals surface area contributed by atoms with Crippen LogP contribution in [0.1, 0.15) is 5.56 Å². The molecule has 1 saturated heterocycles. The van der Waals surface area contributed by atoms with E-state index in [1.54, 1.807) is 44.6 Å². The lowest BCUT2D eigenvalue weighted by atomic mass is 10.1. The first-order chi connectivity index (χ1) is 13.9. The van der Waals surface area contributed by atoms with Gasteiger partial charge in [0, 0.05) is 11.8 Å². The van der Waals surface area contributed by atoms with E-state index in [1.807, 2.05) is 11.0 Å². The zero-order valence-electron chi connectivity index (χ0n) is 16.0. The normalized spacial score (nSPS) is 22.3. The summed E-state index contributed by atoms with van der Waals surface area (Å²) in [4.78, 5) is 6.59. The third-order valence-electron chi connectivity index (χ3n) is 5.07. The first-order valence-electron chi connectivity index (χ1n) is 9.07. The van der Waals surface area contributed by atoms with E-state index in [0.717, 1.165) is 0 Å². The van der Waals surface area contributed by atoms with Crippen molar-refractivity contribution < 1.29 is 22.3 Å². The lowest BCUT2D eigenvalue weighted by Gasteiger charge is -2.28. The highest BCUT2D eigenvalue weighted by Gasteiger charge is 2.47. The Balaban J connectivity index is 1.70. The number of rotatable bonds is 5. The monoisotopic (exact) mass is 436 g/mol. The first-order valence-corrected chi connectivity index (χ1v) is 11.9. The van der Waals surface area contributed by atoms with Crippen LogP contribution in [0.5, 0.6) is 11.5 Å². The fourth-order valence-corrected chi connectivity index (χ4v) is 6.60. The first kappa shape index (κ1) is 20.0. The lowest BCUT2D eigenvalue weighted by molar-refractivity contribution is 0.403. The highest BCUT2D eigenvalue weighted by molar-refractivity contribution is 8.13. The number of nitrogens with zero attached hydrogens (tertiary/aromatic N) is 2. The van der Waals surface area contributed by atoms with Crippen molar-refractivity contribution in [3.8, 4) is 11.5 Å². The molecular formula is C20H21FN2O4S2. The van der Waals surface area contributed by atoms with Crippen molar-refractivity contribution in [1.82, 2.24) is 0 Å². The van der Waals surface area contributed by atoms with Crippen molar-refractivity contribution in [2.45, 2.75) is 17.8 Å². The minimum Gasteiger partial charge on any atom is -0.497 e. The fraction of sp³-hybridized carbons (Fsp3) is 0.350. The molecule has 0 saturated carbocycles. The van der Waals surface area contributed by atoms with E-state index in [2.05, 4.69) is 4.99 Å². The van der Waals surface area contributed by atoms with Gasteiger partial charge in [0.05, 0.1) is 43.5 Å². The Labute approximate surface area is 173 Å². The van der Waals surface area contributed by atoms with Gasteiger partial charge >= 0.3 is 0 Å². The molecule has 29 heavy (non-hydrogen) atoms. The van der Waals surface area contributed by atoms with E-state index < -0.39 is 9.84 Å². The van der Waals surface area contributed by atoms with Gasteiger partial charge in [-0.2, -0.15) is 0 Å². The Hall–Kier alpha value is -2.26. The molecule has 2 aliphatic rings. The Morgan fingerprint density at radius 3 is 2.69 bits per heavy atom. The molecule has 1 fully saturated rings. The number of thioether (sulfide) groups is 1. The highest BCUT2D eigenvalue weighted by atomic mass is 32.2. The molecule has 0 radical (unpaired) electrons. The number of hydrogen-bond acceptors (Lipinski definition) is 7. The van der Waals surface area contributed by atoms with Crippen LogP contribution in [0.25, 0.3) is 0 Å². The summed E-state index contributed by atoms with van der Waals surface area (Å²) in [7, 11) is -0.0362. The summed E-state index contributed by atoms with van der Waals surface area (Å²) in [6.45, 7) is 0. The molecule has 2 aliphatic heterocycles. The van der Waals surface area contributed by atoms with E-state index in [9.17, 15) is 12.8 Å². The van der Waals surface area contributed by atoms with Gasteiger partial charge in [0.25, 0.3) is 0 Å². The van der Waals surface area contributed by atoms with Gasteiger partial charge in [-0.05, 0) is 23.8 Å². The number of amidine groups is 1. The maximum atomic E-state index is 14.1. The maximum absolute atomic E-state index is 14.1. The summed E-state index contributed by atoms with van der Waals surface area (Å²) in [5.41, 5.74) is 1.26. The smallest absolute Gasteiger partial charge is 0.164 e. The Morgan fingerprint density at radius 2 is 1.97 bits per heavy atom. The van der Waals surface area contributed by atoms with E-state index in [-0.39, 0.29) is 29.4 Å². The largest absolute Gasteiger partial charge is 0.497 e. The van der Waals surface area contributed by atoms with Crippen molar-refractivity contribution in [3.63, 3.8) is 0 Å². The van der Waals surface area contributed by atoms with Crippen LogP contribution in [0, 0.1) is 5.82 Å². The topological polar surface area (TPSA) is 68.2 Å². The van der Waals surface area contributed by atoms with E-state index >= 15 is 0 Å². The second kappa shape index (κ2) is 7.87. The zero-order chi connectivity index (χ0) is 20.6. The van der Waals surface area contributed by atoms with Crippen LogP contribution < -0.4 is 14.4 Å². The van der Waals surface area contributed by atoms with Crippen LogP contribution >= 0.6 is 11.8 Å². The van der Waals surface area contributed by atoms with Crippen molar-refractivity contribution in [2.75, 3.05) is 30.6 Å². The maximum Gasteiger partial charge on any atom is 0.164 e. The molecule has 0 aliphatic carbocycles. The number of aliphatic imine (C=N–C) groups is 1. The number of benzene rings is 2. The van der Waals surface area contributed by atoms with Crippen LogP contribution in [0.4, 0.5) is 10.1 Å². The van der Waals surface area contributed by atoms with Crippen LogP contribution in [-0.4, -0.2) is 51.4 Å². The van der Waals surface area contributed by atoms with Crippen LogP contribution in [0.15, 0.2) is 47.5 Å². The molecule has 2 aromatic rings. The second-order valence-corrected chi connectivity index (χ2v) is 10.0. The Morgan fingerprint density at radius 1 is 1.17 bits per heavy atom. The average molecular weight is 437 g/mol. The SMILES string of the molecule is COc1ccc(OC)c(N2C(SCc3ccccc3F)=N[C@H]3CS(=O)(=O)C[C@H]32)c1. The molecule has 9 heteroatoms. The number of fused-ring (bicyclic) bond motifs is 1. The van der Waals surface area contributed by atoms with Crippen molar-refractivity contribution >= 4 is 32.5 Å². The number of ether oxygens (including phenoxy) is 2. The number of anilines is 1. The molecule has 0 spiro atoms. The van der Waals surface area contributed by atoms with Gasteiger partial charge in [0.1, 0.15) is 17.3 Å². The summed E-state index contributed by atoms with van der Waals surface area (Å²) in [5, 5.41) is 0.657. The fourth-order valence-electron chi connectivity index (χ4n) is 3.66. The summed E-state index contributed by atoms with van der Waals surface area (Å²) < 4.78 is 49.4. The third-order valence-corrected chi connectivity index (χ3v) is 7.78. The summed E-state index contributed by atoms with van der Waals surface area (Å²) in [5.74, 6) is 1.38.